The second kappa shape index (κ2) is 9.60. The van der Waals surface area contributed by atoms with E-state index in [4.69, 9.17) is 9.15 Å². The van der Waals surface area contributed by atoms with Gasteiger partial charge in [-0.25, -0.2) is 0 Å². The number of fused-ring (bicyclic) bond motifs is 1. The average molecular weight is 446 g/mol. The topological polar surface area (TPSA) is 75.0 Å². The summed E-state index contributed by atoms with van der Waals surface area (Å²) >= 11 is 0. The zero-order valence-corrected chi connectivity index (χ0v) is 18.4. The molecule has 170 valence electrons. The van der Waals surface area contributed by atoms with E-state index in [9.17, 15) is 9.59 Å². The lowest BCUT2D eigenvalue weighted by Gasteiger charge is -2.27. The lowest BCUT2D eigenvalue weighted by atomic mass is 10.0. The smallest absolute Gasteiger partial charge is 0.255 e. The highest BCUT2D eigenvalue weighted by molar-refractivity contribution is 6.01. The molecule has 0 bridgehead atoms. The number of hydrogen-bond donors (Lipinski definition) is 1. The molecule has 1 atom stereocenters. The van der Waals surface area contributed by atoms with Crippen molar-refractivity contribution < 1.29 is 18.7 Å². The van der Waals surface area contributed by atoms with Crippen molar-refractivity contribution in [2.24, 2.45) is 0 Å². The second-order valence-electron chi connectivity index (χ2n) is 8.38. The summed E-state index contributed by atoms with van der Waals surface area (Å²) in [6.07, 6.45) is 0. The van der Waals surface area contributed by atoms with Crippen molar-refractivity contribution in [2.75, 3.05) is 26.3 Å². The molecule has 1 unspecified atom stereocenters. The maximum Gasteiger partial charge on any atom is 0.255 e. The van der Waals surface area contributed by atoms with Gasteiger partial charge in [-0.05, 0) is 29.3 Å². The van der Waals surface area contributed by atoms with Crippen molar-refractivity contribution >= 4 is 11.8 Å². The van der Waals surface area contributed by atoms with Gasteiger partial charge in [-0.15, -0.1) is 0 Å². The molecule has 5 rings (SSSR count). The van der Waals surface area contributed by atoms with Crippen LogP contribution in [-0.4, -0.2) is 47.9 Å². The van der Waals surface area contributed by atoms with Crippen LogP contribution in [0, 0.1) is 0 Å². The average Bonchev–Trinajstić information content (AvgIpc) is 3.44. The number of morpholine rings is 1. The van der Waals surface area contributed by atoms with Crippen LogP contribution in [-0.2, 0) is 29.2 Å². The Morgan fingerprint density at radius 1 is 0.939 bits per heavy atom. The first-order valence-electron chi connectivity index (χ1n) is 11.3. The van der Waals surface area contributed by atoms with E-state index in [2.05, 4.69) is 10.2 Å². The van der Waals surface area contributed by atoms with Crippen molar-refractivity contribution in [3.05, 3.63) is 94.9 Å². The van der Waals surface area contributed by atoms with Gasteiger partial charge < -0.3 is 19.4 Å². The van der Waals surface area contributed by atoms with Crippen LogP contribution >= 0.6 is 0 Å². The Hall–Kier alpha value is -3.42. The molecule has 7 heteroatoms. The van der Waals surface area contributed by atoms with E-state index < -0.39 is 6.04 Å². The van der Waals surface area contributed by atoms with Crippen LogP contribution in [0.3, 0.4) is 0 Å². The molecule has 0 spiro atoms. The molecule has 7 nitrogen and oxygen atoms in total. The molecule has 1 aromatic heterocycles. The fourth-order valence-corrected chi connectivity index (χ4v) is 4.45. The molecule has 1 fully saturated rings. The Morgan fingerprint density at radius 3 is 2.45 bits per heavy atom. The number of carbonyl (C=O) groups is 2. The summed E-state index contributed by atoms with van der Waals surface area (Å²) in [6, 6.07) is 20.1. The van der Waals surface area contributed by atoms with Crippen molar-refractivity contribution in [3.63, 3.8) is 0 Å². The number of hydrogen-bond acceptors (Lipinski definition) is 5. The molecule has 0 radical (unpaired) electrons. The Kier molecular flexibility index (Phi) is 6.24. The SMILES string of the molecule is O=C(NCc1ccc(CN2CCOCC2)o1)C(c1ccccc1)N1Cc2ccccc2C1=O. The summed E-state index contributed by atoms with van der Waals surface area (Å²) in [5.74, 6) is 1.20. The van der Waals surface area contributed by atoms with E-state index in [0.29, 0.717) is 17.9 Å². The fraction of sp³-hybridized carbons (Fsp3) is 0.308. The van der Waals surface area contributed by atoms with Gasteiger partial charge in [-0.3, -0.25) is 14.5 Å². The quantitative estimate of drug-likeness (QED) is 0.605. The number of carbonyl (C=O) groups excluding carboxylic acids is 2. The van der Waals surface area contributed by atoms with Crippen LogP contribution in [0.5, 0.6) is 0 Å². The summed E-state index contributed by atoms with van der Waals surface area (Å²) in [5.41, 5.74) is 2.38. The van der Waals surface area contributed by atoms with Gasteiger partial charge >= 0.3 is 0 Å². The van der Waals surface area contributed by atoms with Gasteiger partial charge in [0.15, 0.2) is 0 Å². The summed E-state index contributed by atoms with van der Waals surface area (Å²) in [7, 11) is 0. The van der Waals surface area contributed by atoms with E-state index in [0.717, 1.165) is 49.7 Å². The number of benzene rings is 2. The third kappa shape index (κ3) is 4.69. The summed E-state index contributed by atoms with van der Waals surface area (Å²) < 4.78 is 11.3. The Balaban J connectivity index is 1.28. The maximum atomic E-state index is 13.4. The maximum absolute atomic E-state index is 13.4. The number of nitrogens with one attached hydrogen (secondary N) is 1. The van der Waals surface area contributed by atoms with Crippen molar-refractivity contribution in [1.29, 1.82) is 0 Å². The monoisotopic (exact) mass is 445 g/mol. The number of nitrogens with zero attached hydrogens (tertiary/aromatic N) is 2. The molecule has 0 aliphatic carbocycles. The molecule has 3 aromatic rings. The minimum absolute atomic E-state index is 0.125. The van der Waals surface area contributed by atoms with Crippen LogP contribution in [0.25, 0.3) is 0 Å². The molecule has 33 heavy (non-hydrogen) atoms. The number of ether oxygens (including phenoxy) is 1. The van der Waals surface area contributed by atoms with Crippen LogP contribution in [0.2, 0.25) is 0 Å². The predicted molar refractivity (Wildman–Crippen MR) is 122 cm³/mol. The molecule has 1 saturated heterocycles. The third-order valence-corrected chi connectivity index (χ3v) is 6.16. The number of furan rings is 1. The van der Waals surface area contributed by atoms with Crippen LogP contribution < -0.4 is 5.32 Å². The van der Waals surface area contributed by atoms with Gasteiger partial charge in [0.2, 0.25) is 5.91 Å². The highest BCUT2D eigenvalue weighted by Gasteiger charge is 2.37. The van der Waals surface area contributed by atoms with E-state index in [-0.39, 0.29) is 18.4 Å². The fourth-order valence-electron chi connectivity index (χ4n) is 4.45. The Bertz CT molecular complexity index is 1120. The zero-order valence-electron chi connectivity index (χ0n) is 18.4. The third-order valence-electron chi connectivity index (χ3n) is 6.16. The lowest BCUT2D eigenvalue weighted by molar-refractivity contribution is -0.126. The van der Waals surface area contributed by atoms with E-state index in [1.807, 2.05) is 66.7 Å². The summed E-state index contributed by atoms with van der Waals surface area (Å²) in [5, 5.41) is 2.98. The van der Waals surface area contributed by atoms with Gasteiger partial charge in [-0.2, -0.15) is 0 Å². The van der Waals surface area contributed by atoms with E-state index >= 15 is 0 Å². The second-order valence-corrected chi connectivity index (χ2v) is 8.38. The number of amides is 2. The molecule has 2 aliphatic rings. The van der Waals surface area contributed by atoms with E-state index in [1.54, 1.807) is 4.90 Å². The largest absolute Gasteiger partial charge is 0.463 e. The van der Waals surface area contributed by atoms with Crippen LogP contribution in [0.1, 0.15) is 39.0 Å². The van der Waals surface area contributed by atoms with Crippen molar-refractivity contribution in [2.45, 2.75) is 25.7 Å². The lowest BCUT2D eigenvalue weighted by Crippen LogP contribution is -2.40. The molecule has 3 heterocycles. The highest BCUT2D eigenvalue weighted by Crippen LogP contribution is 2.31. The van der Waals surface area contributed by atoms with E-state index in [1.165, 1.54) is 0 Å². The van der Waals surface area contributed by atoms with Crippen LogP contribution in [0.15, 0.2) is 71.1 Å². The van der Waals surface area contributed by atoms with Gasteiger partial charge in [0.25, 0.3) is 5.91 Å². The van der Waals surface area contributed by atoms with Crippen LogP contribution in [0.4, 0.5) is 0 Å². The summed E-state index contributed by atoms with van der Waals surface area (Å²) in [6.45, 7) is 4.65. The molecule has 2 amide bonds. The molecule has 2 aliphatic heterocycles. The highest BCUT2D eigenvalue weighted by atomic mass is 16.5. The first-order chi connectivity index (χ1) is 16.2. The zero-order chi connectivity index (χ0) is 22.6. The molecule has 0 saturated carbocycles. The molecular formula is C26H27N3O4. The number of rotatable bonds is 7. The standard InChI is InChI=1S/C26H27N3O4/c30-25(27-16-21-10-11-22(33-21)18-28-12-14-32-15-13-28)24(19-6-2-1-3-7-19)29-17-20-8-4-5-9-23(20)26(29)31/h1-11,24H,12-18H2,(H,27,30). The van der Waals surface area contributed by atoms with Gasteiger partial charge in [-0.1, -0.05) is 48.5 Å². The van der Waals surface area contributed by atoms with Crippen molar-refractivity contribution in [1.82, 2.24) is 15.1 Å². The van der Waals surface area contributed by atoms with Crippen molar-refractivity contribution in [3.8, 4) is 0 Å². The minimum Gasteiger partial charge on any atom is -0.463 e. The molecular weight excluding hydrogens is 418 g/mol. The predicted octanol–water partition coefficient (Wildman–Crippen LogP) is 3.13. The van der Waals surface area contributed by atoms with Gasteiger partial charge in [0.1, 0.15) is 17.6 Å². The normalized spacial score (nSPS) is 17.1. The molecule has 2 aromatic carbocycles. The minimum atomic E-state index is -0.714. The molecule has 1 N–H and O–H groups in total. The van der Waals surface area contributed by atoms with Gasteiger partial charge in [0, 0.05) is 25.2 Å². The summed E-state index contributed by atoms with van der Waals surface area (Å²) in [4.78, 5) is 30.4. The first kappa shape index (κ1) is 21.4. The van der Waals surface area contributed by atoms with Gasteiger partial charge in [0.05, 0.1) is 26.3 Å². The Morgan fingerprint density at radius 2 is 1.67 bits per heavy atom. The first-order valence-corrected chi connectivity index (χ1v) is 11.3. The Labute approximate surface area is 192 Å².